The van der Waals surface area contributed by atoms with E-state index in [4.69, 9.17) is 38.5 Å². The second-order valence-electron chi connectivity index (χ2n) is 1.33. The summed E-state index contributed by atoms with van der Waals surface area (Å²) in [5.74, 6) is -4.93. The molecule has 0 amide bonds. The molecule has 0 bridgehead atoms. The summed E-state index contributed by atoms with van der Waals surface area (Å²) in [7, 11) is 0. The summed E-state index contributed by atoms with van der Waals surface area (Å²) >= 11 is 9.70. The molecule has 0 rings (SSSR count). The smallest absolute Gasteiger partial charge is 0.367 e. The highest BCUT2D eigenvalue weighted by molar-refractivity contribution is 6.46. The van der Waals surface area contributed by atoms with Crippen LogP contribution in [-0.2, 0) is 4.79 Å². The molecule has 0 atom stereocenters. The van der Waals surface area contributed by atoms with E-state index in [1.165, 1.54) is 0 Å². The van der Waals surface area contributed by atoms with Crippen LogP contribution in [0.2, 0.25) is 0 Å². The lowest BCUT2D eigenvalue weighted by atomic mass is 10.3. The number of alkyl halides is 2. The quantitative estimate of drug-likeness (QED) is 0.392. The highest BCUT2D eigenvalue weighted by atomic mass is 35.5. The fourth-order valence-electron chi connectivity index (χ4n) is 0.0933. The van der Waals surface area contributed by atoms with Gasteiger partial charge >= 0.3 is 5.97 Å². The highest BCUT2D eigenvalue weighted by Gasteiger charge is 2.40. The Morgan fingerprint density at radius 2 is 1.78 bits per heavy atom. The van der Waals surface area contributed by atoms with Crippen molar-refractivity contribution in [1.29, 1.82) is 0 Å². The summed E-state index contributed by atoms with van der Waals surface area (Å²) in [6.07, 6.45) is 0. The number of aliphatic hydroxyl groups is 2. The molecule has 6 heteroatoms. The van der Waals surface area contributed by atoms with Gasteiger partial charge in [-0.2, -0.15) is 0 Å². The molecule has 0 aliphatic heterocycles. The Hall–Kier alpha value is -0.0300. The van der Waals surface area contributed by atoms with Crippen molar-refractivity contribution in [1.82, 2.24) is 0 Å². The van der Waals surface area contributed by atoms with Gasteiger partial charge in [-0.3, -0.25) is 0 Å². The zero-order chi connectivity index (χ0) is 7.65. The molecule has 54 valence electrons. The molecule has 0 aromatic carbocycles. The van der Waals surface area contributed by atoms with E-state index in [0.29, 0.717) is 0 Å². The van der Waals surface area contributed by atoms with E-state index in [0.717, 1.165) is 0 Å². The minimum Gasteiger partial charge on any atom is -0.477 e. The van der Waals surface area contributed by atoms with Gasteiger partial charge in [-0.1, -0.05) is 23.2 Å². The third-order valence-electron chi connectivity index (χ3n) is 0.619. The van der Waals surface area contributed by atoms with Gasteiger partial charge in [-0.05, 0) is 0 Å². The maximum atomic E-state index is 9.79. The third-order valence-corrected chi connectivity index (χ3v) is 1.23. The van der Waals surface area contributed by atoms with E-state index >= 15 is 0 Å². The topological polar surface area (TPSA) is 77.8 Å². The van der Waals surface area contributed by atoms with Gasteiger partial charge in [-0.15, -0.1) is 0 Å². The normalized spacial score (nSPS) is 12.1. The monoisotopic (exact) mass is 174 g/mol. The van der Waals surface area contributed by atoms with E-state index < -0.39 is 16.6 Å². The zero-order valence-electron chi connectivity index (χ0n) is 4.08. The molecule has 0 spiro atoms. The fourth-order valence-corrected chi connectivity index (χ4v) is 0.280. The predicted molar refractivity (Wildman–Crippen MR) is 30.3 cm³/mol. The molecule has 0 aliphatic carbocycles. The van der Waals surface area contributed by atoms with Crippen LogP contribution < -0.4 is 0 Å². The van der Waals surface area contributed by atoms with Crippen LogP contribution >= 0.6 is 23.2 Å². The first-order chi connectivity index (χ1) is 3.89. The van der Waals surface area contributed by atoms with Crippen molar-refractivity contribution in [2.24, 2.45) is 0 Å². The lowest BCUT2D eigenvalue weighted by Gasteiger charge is -2.15. The maximum Gasteiger partial charge on any atom is 0.367 e. The van der Waals surface area contributed by atoms with E-state index in [-0.39, 0.29) is 0 Å². The van der Waals surface area contributed by atoms with Crippen molar-refractivity contribution in [3.05, 3.63) is 0 Å². The van der Waals surface area contributed by atoms with E-state index in [1.807, 2.05) is 0 Å². The summed E-state index contributed by atoms with van der Waals surface area (Å²) in [5.41, 5.74) is 0. The lowest BCUT2D eigenvalue weighted by Crippen LogP contribution is -2.44. The number of hydrogen-bond donors (Lipinski definition) is 3. The van der Waals surface area contributed by atoms with Crippen molar-refractivity contribution in [3.8, 4) is 0 Å². The van der Waals surface area contributed by atoms with Gasteiger partial charge in [0.2, 0.25) is 0 Å². The second-order valence-corrected chi connectivity index (χ2v) is 2.43. The summed E-state index contributed by atoms with van der Waals surface area (Å²) in [6.45, 7) is 0. The van der Waals surface area contributed by atoms with Gasteiger partial charge < -0.3 is 15.3 Å². The van der Waals surface area contributed by atoms with Crippen LogP contribution in [-0.4, -0.2) is 31.9 Å². The van der Waals surface area contributed by atoms with E-state index in [1.54, 1.807) is 0 Å². The third kappa shape index (κ3) is 1.98. The number of rotatable bonds is 2. The standard InChI is InChI=1S/C3H4Cl2O4/c4-1(5)3(8,9)2(6)7/h1,8-9H,(H,6,7). The first-order valence-electron chi connectivity index (χ1n) is 1.85. The molecular formula is C3H4Cl2O4. The van der Waals surface area contributed by atoms with Crippen molar-refractivity contribution < 1.29 is 20.1 Å². The first-order valence-corrected chi connectivity index (χ1v) is 2.72. The Kier molecular flexibility index (Phi) is 2.69. The largest absolute Gasteiger partial charge is 0.477 e. The summed E-state index contributed by atoms with van der Waals surface area (Å²) in [6, 6.07) is 0. The molecule has 0 heterocycles. The van der Waals surface area contributed by atoms with E-state index in [2.05, 4.69) is 0 Å². The zero-order valence-corrected chi connectivity index (χ0v) is 5.60. The Bertz CT molecular complexity index is 121. The minimum absolute atomic E-state index is 1.75. The van der Waals surface area contributed by atoms with Crippen LogP contribution in [0.25, 0.3) is 0 Å². The summed E-state index contributed by atoms with van der Waals surface area (Å²) in [4.78, 5) is 8.04. The Morgan fingerprint density at radius 3 is 1.78 bits per heavy atom. The Labute approximate surface area is 60.6 Å². The lowest BCUT2D eigenvalue weighted by molar-refractivity contribution is -0.198. The SMILES string of the molecule is O=C(O)C(O)(O)C(Cl)Cl. The Morgan fingerprint density at radius 1 is 1.44 bits per heavy atom. The van der Waals surface area contributed by atoms with Crippen molar-refractivity contribution in [2.45, 2.75) is 10.6 Å². The van der Waals surface area contributed by atoms with Gasteiger partial charge in [0.15, 0.2) is 4.84 Å². The average Bonchev–Trinajstić information content (AvgIpc) is 1.65. The van der Waals surface area contributed by atoms with Crippen LogP contribution in [0.5, 0.6) is 0 Å². The maximum absolute atomic E-state index is 9.79. The fraction of sp³-hybridized carbons (Fsp3) is 0.667. The molecule has 9 heavy (non-hydrogen) atoms. The number of carbonyl (C=O) groups is 1. The molecule has 0 radical (unpaired) electrons. The molecular weight excluding hydrogens is 171 g/mol. The number of hydrogen-bond acceptors (Lipinski definition) is 3. The molecule has 3 N–H and O–H groups in total. The molecule has 0 fully saturated rings. The number of aliphatic carboxylic acids is 1. The van der Waals surface area contributed by atoms with Crippen molar-refractivity contribution >= 4 is 29.2 Å². The number of carboxylic acid groups (broad SMARTS) is 1. The minimum atomic E-state index is -3.05. The Balaban J connectivity index is 4.19. The molecule has 0 unspecified atom stereocenters. The van der Waals surface area contributed by atoms with Crippen LogP contribution in [0.1, 0.15) is 0 Å². The van der Waals surface area contributed by atoms with Gasteiger partial charge in [-0.25, -0.2) is 4.79 Å². The average molecular weight is 175 g/mol. The first kappa shape index (κ1) is 8.97. The van der Waals surface area contributed by atoms with Gasteiger partial charge in [0, 0.05) is 0 Å². The number of halogens is 2. The molecule has 0 saturated carbocycles. The van der Waals surface area contributed by atoms with Gasteiger partial charge in [0.05, 0.1) is 0 Å². The summed E-state index contributed by atoms with van der Waals surface area (Å²) < 4.78 is 0. The molecule has 0 aromatic heterocycles. The second kappa shape index (κ2) is 2.70. The van der Waals surface area contributed by atoms with Crippen LogP contribution in [0.4, 0.5) is 0 Å². The van der Waals surface area contributed by atoms with E-state index in [9.17, 15) is 4.79 Å². The molecule has 0 aromatic rings. The highest BCUT2D eigenvalue weighted by Crippen LogP contribution is 2.16. The van der Waals surface area contributed by atoms with Crippen LogP contribution in [0.15, 0.2) is 0 Å². The molecule has 0 saturated heterocycles. The summed E-state index contributed by atoms with van der Waals surface area (Å²) in [5, 5.41) is 24.7. The van der Waals surface area contributed by atoms with Crippen LogP contribution in [0, 0.1) is 0 Å². The molecule has 0 aliphatic rings. The molecule has 4 nitrogen and oxygen atoms in total. The van der Waals surface area contributed by atoms with Gasteiger partial charge in [0.1, 0.15) is 0 Å². The predicted octanol–water partition coefficient (Wildman–Crippen LogP) is -0.444. The van der Waals surface area contributed by atoms with Crippen LogP contribution in [0.3, 0.4) is 0 Å². The van der Waals surface area contributed by atoms with Crippen molar-refractivity contribution in [2.75, 3.05) is 0 Å². The number of carboxylic acids is 1. The van der Waals surface area contributed by atoms with Gasteiger partial charge in [0.25, 0.3) is 5.79 Å². The van der Waals surface area contributed by atoms with Crippen molar-refractivity contribution in [3.63, 3.8) is 0 Å².